The number of guanidine groups is 1. The molecule has 0 saturated carbocycles. The predicted molar refractivity (Wildman–Crippen MR) is 96.6 cm³/mol. The molecule has 0 radical (unpaired) electrons. The van der Waals surface area contributed by atoms with Crippen molar-refractivity contribution in [2.45, 2.75) is 32.1 Å². The van der Waals surface area contributed by atoms with E-state index in [4.69, 9.17) is 5.73 Å². The van der Waals surface area contributed by atoms with Crippen LogP contribution < -0.4 is 5.73 Å². The van der Waals surface area contributed by atoms with E-state index < -0.39 is 0 Å². The first kappa shape index (κ1) is 16.3. The average molecular weight is 314 g/mol. The van der Waals surface area contributed by atoms with Crippen molar-refractivity contribution in [3.05, 3.63) is 35.9 Å². The molecular weight excluding hydrogens is 284 g/mol. The summed E-state index contributed by atoms with van der Waals surface area (Å²) in [6, 6.07) is 10.8. The van der Waals surface area contributed by atoms with Crippen molar-refractivity contribution in [2.24, 2.45) is 16.6 Å². The molecule has 2 N–H and O–H groups in total. The Morgan fingerprint density at radius 1 is 1.09 bits per heavy atom. The maximum Gasteiger partial charge on any atom is 0.191 e. The first-order valence-corrected chi connectivity index (χ1v) is 9.12. The second-order valence-corrected chi connectivity index (χ2v) is 6.94. The summed E-state index contributed by atoms with van der Waals surface area (Å²) in [5.41, 5.74) is 7.59. The average Bonchev–Trinajstić information content (AvgIpc) is 3.07. The summed E-state index contributed by atoms with van der Waals surface area (Å²) in [4.78, 5) is 9.51. The molecule has 0 amide bonds. The van der Waals surface area contributed by atoms with Crippen LogP contribution in [-0.4, -0.2) is 55.0 Å². The lowest BCUT2D eigenvalue weighted by Crippen LogP contribution is -2.41. The molecule has 2 fully saturated rings. The van der Waals surface area contributed by atoms with Crippen molar-refractivity contribution in [2.75, 3.05) is 39.3 Å². The van der Waals surface area contributed by atoms with Crippen molar-refractivity contribution >= 4 is 5.96 Å². The Labute approximate surface area is 140 Å². The molecule has 0 spiro atoms. The van der Waals surface area contributed by atoms with E-state index in [1.54, 1.807) is 0 Å². The second-order valence-electron chi connectivity index (χ2n) is 6.94. The summed E-state index contributed by atoms with van der Waals surface area (Å²) in [5.74, 6) is 1.45. The molecule has 3 rings (SSSR count). The van der Waals surface area contributed by atoms with Gasteiger partial charge in [0.1, 0.15) is 0 Å². The molecule has 1 atom stereocenters. The van der Waals surface area contributed by atoms with Gasteiger partial charge in [0.15, 0.2) is 5.96 Å². The fourth-order valence-corrected chi connectivity index (χ4v) is 3.64. The Kier molecular flexibility index (Phi) is 5.92. The predicted octanol–water partition coefficient (Wildman–Crippen LogP) is 2.35. The number of hydrogen-bond acceptors (Lipinski definition) is 2. The summed E-state index contributed by atoms with van der Waals surface area (Å²) in [6.07, 6.45) is 6.25. The molecule has 1 aromatic rings. The topological polar surface area (TPSA) is 44.9 Å². The van der Waals surface area contributed by atoms with E-state index in [0.29, 0.717) is 5.92 Å². The van der Waals surface area contributed by atoms with Crippen molar-refractivity contribution in [1.29, 1.82) is 0 Å². The number of nitrogens with two attached hydrogens (primary N) is 1. The van der Waals surface area contributed by atoms with Crippen LogP contribution in [0.1, 0.15) is 31.2 Å². The van der Waals surface area contributed by atoms with E-state index in [-0.39, 0.29) is 0 Å². The SMILES string of the molecule is NC(=NCC1CCN(CCc2ccccc2)C1)N1CCCCC1. The van der Waals surface area contributed by atoms with Gasteiger partial charge < -0.3 is 15.5 Å². The zero-order valence-electron chi connectivity index (χ0n) is 14.2. The molecule has 23 heavy (non-hydrogen) atoms. The Morgan fingerprint density at radius 3 is 2.65 bits per heavy atom. The minimum absolute atomic E-state index is 0.675. The third-order valence-electron chi connectivity index (χ3n) is 5.12. The van der Waals surface area contributed by atoms with Gasteiger partial charge in [-0.2, -0.15) is 0 Å². The van der Waals surface area contributed by atoms with E-state index in [9.17, 15) is 0 Å². The fraction of sp³-hybridized carbons (Fsp3) is 0.632. The van der Waals surface area contributed by atoms with Gasteiger partial charge in [-0.15, -0.1) is 0 Å². The Balaban J connectivity index is 1.39. The summed E-state index contributed by atoms with van der Waals surface area (Å²) in [7, 11) is 0. The van der Waals surface area contributed by atoms with Gasteiger partial charge in [-0.05, 0) is 50.1 Å². The summed E-state index contributed by atoms with van der Waals surface area (Å²) in [5, 5.41) is 0. The molecule has 0 bridgehead atoms. The summed E-state index contributed by atoms with van der Waals surface area (Å²) < 4.78 is 0. The van der Waals surface area contributed by atoms with Crippen LogP contribution in [0.3, 0.4) is 0 Å². The Bertz CT molecular complexity index is 493. The molecule has 126 valence electrons. The summed E-state index contributed by atoms with van der Waals surface area (Å²) in [6.45, 7) is 6.60. The quantitative estimate of drug-likeness (QED) is 0.670. The molecule has 2 aliphatic heterocycles. The van der Waals surface area contributed by atoms with Crippen molar-refractivity contribution in [1.82, 2.24) is 9.80 Å². The lowest BCUT2D eigenvalue weighted by molar-refractivity contribution is 0.326. The Morgan fingerprint density at radius 2 is 1.87 bits per heavy atom. The van der Waals surface area contributed by atoms with Crippen LogP contribution in [0.2, 0.25) is 0 Å². The molecule has 0 aliphatic carbocycles. The molecule has 1 unspecified atom stereocenters. The van der Waals surface area contributed by atoms with E-state index in [0.717, 1.165) is 38.6 Å². The molecule has 4 heteroatoms. The van der Waals surface area contributed by atoms with Crippen molar-refractivity contribution < 1.29 is 0 Å². The molecular formula is C19H30N4. The molecule has 2 saturated heterocycles. The van der Waals surface area contributed by atoms with Gasteiger partial charge in [-0.3, -0.25) is 4.99 Å². The van der Waals surface area contributed by atoms with Gasteiger partial charge >= 0.3 is 0 Å². The van der Waals surface area contributed by atoms with Crippen LogP contribution in [0.4, 0.5) is 0 Å². The van der Waals surface area contributed by atoms with Gasteiger partial charge in [0.25, 0.3) is 0 Å². The summed E-state index contributed by atoms with van der Waals surface area (Å²) >= 11 is 0. The lowest BCUT2D eigenvalue weighted by atomic mass is 10.1. The molecule has 4 nitrogen and oxygen atoms in total. The minimum Gasteiger partial charge on any atom is -0.370 e. The van der Waals surface area contributed by atoms with Crippen molar-refractivity contribution in [3.8, 4) is 0 Å². The standard InChI is InChI=1S/C19H30N4/c20-19(23-11-5-2-6-12-23)21-15-18-10-14-22(16-18)13-9-17-7-3-1-4-8-17/h1,3-4,7-8,18H,2,5-6,9-16H2,(H2,20,21). The number of hydrogen-bond donors (Lipinski definition) is 1. The van der Waals surface area contributed by atoms with Gasteiger partial charge in [-0.1, -0.05) is 30.3 Å². The van der Waals surface area contributed by atoms with Gasteiger partial charge in [0.2, 0.25) is 0 Å². The second kappa shape index (κ2) is 8.34. The van der Waals surface area contributed by atoms with Crippen LogP contribution in [-0.2, 0) is 6.42 Å². The van der Waals surface area contributed by atoms with Gasteiger partial charge in [0, 0.05) is 32.7 Å². The van der Waals surface area contributed by atoms with Gasteiger partial charge in [0.05, 0.1) is 0 Å². The largest absolute Gasteiger partial charge is 0.370 e. The minimum atomic E-state index is 0.675. The zero-order chi connectivity index (χ0) is 15.9. The first-order chi connectivity index (χ1) is 11.3. The van der Waals surface area contributed by atoms with Crippen LogP contribution in [0.5, 0.6) is 0 Å². The monoisotopic (exact) mass is 314 g/mol. The van der Waals surface area contributed by atoms with Crippen LogP contribution >= 0.6 is 0 Å². The highest BCUT2D eigenvalue weighted by atomic mass is 15.3. The molecule has 0 aromatic heterocycles. The maximum atomic E-state index is 6.16. The molecule has 2 heterocycles. The zero-order valence-corrected chi connectivity index (χ0v) is 14.2. The third-order valence-corrected chi connectivity index (χ3v) is 5.12. The number of likely N-dealkylation sites (tertiary alicyclic amines) is 2. The molecule has 2 aliphatic rings. The van der Waals surface area contributed by atoms with Crippen molar-refractivity contribution in [3.63, 3.8) is 0 Å². The smallest absolute Gasteiger partial charge is 0.191 e. The third kappa shape index (κ3) is 4.96. The van der Waals surface area contributed by atoms with E-state index in [2.05, 4.69) is 45.1 Å². The van der Waals surface area contributed by atoms with E-state index in [1.807, 2.05) is 0 Å². The van der Waals surface area contributed by atoms with Crippen LogP contribution in [0.25, 0.3) is 0 Å². The van der Waals surface area contributed by atoms with E-state index >= 15 is 0 Å². The molecule has 1 aromatic carbocycles. The number of benzene rings is 1. The number of nitrogens with zero attached hydrogens (tertiary/aromatic N) is 3. The normalized spacial score (nSPS) is 23.4. The van der Waals surface area contributed by atoms with Crippen LogP contribution in [0.15, 0.2) is 35.3 Å². The van der Waals surface area contributed by atoms with E-state index in [1.165, 1.54) is 44.3 Å². The van der Waals surface area contributed by atoms with Gasteiger partial charge in [-0.25, -0.2) is 0 Å². The number of rotatable bonds is 5. The Hall–Kier alpha value is -1.55. The lowest BCUT2D eigenvalue weighted by Gasteiger charge is -2.27. The van der Waals surface area contributed by atoms with Crippen LogP contribution in [0, 0.1) is 5.92 Å². The highest BCUT2D eigenvalue weighted by molar-refractivity contribution is 5.78. The highest BCUT2D eigenvalue weighted by Gasteiger charge is 2.22. The fourth-order valence-electron chi connectivity index (χ4n) is 3.64. The highest BCUT2D eigenvalue weighted by Crippen LogP contribution is 2.17. The maximum absolute atomic E-state index is 6.16. The first-order valence-electron chi connectivity index (χ1n) is 9.12. The number of aliphatic imine (C=N–C) groups is 1. The number of piperidine rings is 1.